The summed E-state index contributed by atoms with van der Waals surface area (Å²) in [6.45, 7) is 4.66. The highest BCUT2D eigenvalue weighted by molar-refractivity contribution is 6.36. The maximum atomic E-state index is 13.8. The van der Waals surface area contributed by atoms with E-state index in [1.54, 1.807) is 7.11 Å². The summed E-state index contributed by atoms with van der Waals surface area (Å²) in [6.07, 6.45) is 3.15. The summed E-state index contributed by atoms with van der Waals surface area (Å²) < 4.78 is 7.22. The largest absolute Gasteiger partial charge is 0.497 e. The topological polar surface area (TPSA) is 50.6 Å². The quantitative estimate of drug-likeness (QED) is 0.606. The Morgan fingerprint density at radius 3 is 2.56 bits per heavy atom. The third kappa shape index (κ3) is 3.20. The van der Waals surface area contributed by atoms with Gasteiger partial charge < -0.3 is 14.5 Å². The number of hydrogen-bond donors (Lipinski definition) is 0. The first-order valence-electron chi connectivity index (χ1n) is 11.5. The molecule has 3 fully saturated rings. The molecule has 0 saturated carbocycles. The number of fused-ring (bicyclic) bond motifs is 3. The molecule has 1 atom stereocenters. The number of aromatic nitrogens is 2. The number of methoxy groups -OCH3 is 1. The molecule has 6 nitrogen and oxygen atoms in total. The van der Waals surface area contributed by atoms with Gasteiger partial charge in [-0.1, -0.05) is 23.7 Å². The second kappa shape index (κ2) is 7.78. The minimum atomic E-state index is 0.133. The number of amides is 1. The van der Waals surface area contributed by atoms with Crippen molar-refractivity contribution in [2.75, 3.05) is 33.3 Å². The van der Waals surface area contributed by atoms with Gasteiger partial charge >= 0.3 is 0 Å². The van der Waals surface area contributed by atoms with E-state index in [1.807, 2.05) is 41.1 Å². The number of piperidine rings is 3. The van der Waals surface area contributed by atoms with E-state index < -0.39 is 0 Å². The number of carbonyl (C=O) groups excluding carboxylic acids is 1. The lowest BCUT2D eigenvalue weighted by Crippen LogP contribution is -2.58. The Hall–Kier alpha value is -2.57. The molecule has 2 bridgehead atoms. The molecule has 4 aliphatic heterocycles. The van der Waals surface area contributed by atoms with E-state index in [0.717, 1.165) is 53.0 Å². The third-order valence-corrected chi connectivity index (χ3v) is 7.82. The Morgan fingerprint density at radius 1 is 1.09 bits per heavy atom. The fraction of sp³-hybridized carbons (Fsp3) is 0.440. The monoisotopic (exact) mass is 450 g/mol. The standard InChI is InChI=1S/C25H27ClN4O2/c1-32-18-4-2-16(3-5-18)14-30-24-20(26)7-6-19-23(24)21(27-30)10-13-29(25(19)31)22-15-28-11-8-17(22)9-12-28/h2-7,17,22H,8-15H2,1H3/t22-/m1/s1. The predicted octanol–water partition coefficient (Wildman–Crippen LogP) is 3.84. The first-order valence-corrected chi connectivity index (χ1v) is 11.8. The van der Waals surface area contributed by atoms with Gasteiger partial charge in [0.2, 0.25) is 0 Å². The molecule has 7 heteroatoms. The first kappa shape index (κ1) is 20.1. The van der Waals surface area contributed by atoms with Crippen LogP contribution in [0.25, 0.3) is 10.9 Å². The van der Waals surface area contributed by atoms with Crippen molar-refractivity contribution >= 4 is 28.4 Å². The van der Waals surface area contributed by atoms with Crippen LogP contribution in [0.5, 0.6) is 5.75 Å². The number of benzene rings is 2. The Balaban J connectivity index is 1.38. The lowest BCUT2D eigenvalue weighted by Gasteiger charge is -2.49. The van der Waals surface area contributed by atoms with Gasteiger partial charge in [0.25, 0.3) is 5.91 Å². The molecule has 166 valence electrons. The molecule has 0 N–H and O–H groups in total. The van der Waals surface area contributed by atoms with Gasteiger partial charge in [-0.15, -0.1) is 0 Å². The van der Waals surface area contributed by atoms with E-state index in [4.69, 9.17) is 21.4 Å². The van der Waals surface area contributed by atoms with Gasteiger partial charge in [0.1, 0.15) is 5.75 Å². The summed E-state index contributed by atoms with van der Waals surface area (Å²) in [5, 5.41) is 6.52. The van der Waals surface area contributed by atoms with Crippen LogP contribution in [0.3, 0.4) is 0 Å². The summed E-state index contributed by atoms with van der Waals surface area (Å²) in [4.78, 5) is 18.4. The van der Waals surface area contributed by atoms with Crippen LogP contribution in [0, 0.1) is 5.92 Å². The molecule has 5 heterocycles. The lowest BCUT2D eigenvalue weighted by molar-refractivity contribution is 0.00820. The Kier molecular flexibility index (Phi) is 4.88. The van der Waals surface area contributed by atoms with Crippen molar-refractivity contribution in [3.63, 3.8) is 0 Å². The van der Waals surface area contributed by atoms with E-state index >= 15 is 0 Å². The number of carbonyl (C=O) groups is 1. The number of halogens is 1. The van der Waals surface area contributed by atoms with Crippen LogP contribution in [-0.4, -0.2) is 64.8 Å². The Morgan fingerprint density at radius 2 is 1.88 bits per heavy atom. The molecular weight excluding hydrogens is 424 g/mol. The molecule has 1 amide bonds. The van der Waals surface area contributed by atoms with Gasteiger partial charge in [-0.2, -0.15) is 5.10 Å². The molecule has 2 aromatic carbocycles. The molecule has 1 aromatic heterocycles. The molecule has 0 aliphatic carbocycles. The van der Waals surface area contributed by atoms with Gasteiger partial charge in [-0.25, -0.2) is 0 Å². The summed E-state index contributed by atoms with van der Waals surface area (Å²) in [6, 6.07) is 12.0. The van der Waals surface area contributed by atoms with Crippen molar-refractivity contribution in [3.8, 4) is 5.75 Å². The fourth-order valence-corrected chi connectivity index (χ4v) is 6.07. The number of nitrogens with zero attached hydrogens (tertiary/aromatic N) is 4. The average molecular weight is 451 g/mol. The fourth-order valence-electron chi connectivity index (χ4n) is 5.81. The molecule has 32 heavy (non-hydrogen) atoms. The summed E-state index contributed by atoms with van der Waals surface area (Å²) >= 11 is 6.67. The summed E-state index contributed by atoms with van der Waals surface area (Å²) in [5.41, 5.74) is 3.69. The normalized spacial score (nSPS) is 24.8. The summed E-state index contributed by atoms with van der Waals surface area (Å²) in [5.74, 6) is 1.58. The van der Waals surface area contributed by atoms with Crippen LogP contribution < -0.4 is 4.74 Å². The van der Waals surface area contributed by atoms with Crippen LogP contribution in [0.15, 0.2) is 36.4 Å². The van der Waals surface area contributed by atoms with E-state index in [0.29, 0.717) is 23.5 Å². The van der Waals surface area contributed by atoms with Crippen molar-refractivity contribution in [1.29, 1.82) is 0 Å². The second-order valence-corrected chi connectivity index (χ2v) is 9.63. The van der Waals surface area contributed by atoms with Crippen LogP contribution in [0.4, 0.5) is 0 Å². The second-order valence-electron chi connectivity index (χ2n) is 9.22. The van der Waals surface area contributed by atoms with E-state index in [-0.39, 0.29) is 5.91 Å². The van der Waals surface area contributed by atoms with Crippen molar-refractivity contribution < 1.29 is 9.53 Å². The van der Waals surface area contributed by atoms with E-state index in [9.17, 15) is 4.79 Å². The maximum Gasteiger partial charge on any atom is 0.254 e. The Labute approximate surface area is 192 Å². The van der Waals surface area contributed by atoms with Crippen molar-refractivity contribution in [2.24, 2.45) is 5.92 Å². The molecule has 4 aliphatic rings. The number of hydrogen-bond acceptors (Lipinski definition) is 4. The average Bonchev–Trinajstić information content (AvgIpc) is 3.13. The molecule has 0 radical (unpaired) electrons. The van der Waals surface area contributed by atoms with Crippen molar-refractivity contribution in [3.05, 3.63) is 58.2 Å². The number of rotatable bonds is 4. The summed E-state index contributed by atoms with van der Waals surface area (Å²) in [7, 11) is 1.66. The van der Waals surface area contributed by atoms with Gasteiger partial charge in [0, 0.05) is 30.9 Å². The van der Waals surface area contributed by atoms with E-state index in [1.165, 1.54) is 25.9 Å². The highest BCUT2D eigenvalue weighted by atomic mass is 35.5. The third-order valence-electron chi connectivity index (χ3n) is 7.51. The zero-order valence-electron chi connectivity index (χ0n) is 18.3. The minimum Gasteiger partial charge on any atom is -0.497 e. The van der Waals surface area contributed by atoms with Crippen LogP contribution in [0.2, 0.25) is 5.02 Å². The predicted molar refractivity (Wildman–Crippen MR) is 125 cm³/mol. The van der Waals surface area contributed by atoms with Gasteiger partial charge in [-0.3, -0.25) is 9.48 Å². The van der Waals surface area contributed by atoms with Crippen molar-refractivity contribution in [1.82, 2.24) is 19.6 Å². The lowest BCUT2D eigenvalue weighted by atomic mass is 9.83. The van der Waals surface area contributed by atoms with E-state index in [2.05, 4.69) is 9.80 Å². The molecule has 0 unspecified atom stereocenters. The Bertz CT molecular complexity index is 1180. The minimum absolute atomic E-state index is 0.133. The highest BCUT2D eigenvalue weighted by Gasteiger charge is 2.41. The van der Waals surface area contributed by atoms with Crippen molar-refractivity contribution in [2.45, 2.75) is 31.8 Å². The molecule has 3 aromatic rings. The zero-order chi connectivity index (χ0) is 21.8. The zero-order valence-corrected chi connectivity index (χ0v) is 19.0. The van der Waals surface area contributed by atoms with Gasteiger partial charge in [-0.05, 0) is 61.7 Å². The van der Waals surface area contributed by atoms with Gasteiger partial charge in [0.05, 0.1) is 35.5 Å². The highest BCUT2D eigenvalue weighted by Crippen LogP contribution is 2.37. The van der Waals surface area contributed by atoms with Crippen LogP contribution in [0.1, 0.15) is 34.5 Å². The molecule has 0 spiro atoms. The van der Waals surface area contributed by atoms with Gasteiger partial charge in [0.15, 0.2) is 0 Å². The SMILES string of the molecule is COc1ccc(Cn2nc3c4c(ccc(Cl)c42)C(=O)N([C@@H]2CN4CCC2CC4)CC3)cc1. The van der Waals surface area contributed by atoms with Crippen LogP contribution in [-0.2, 0) is 13.0 Å². The number of ether oxygens (including phenoxy) is 1. The molecule has 7 rings (SSSR count). The molecule has 3 saturated heterocycles. The maximum absolute atomic E-state index is 13.8. The molecular formula is C25H27ClN4O2. The van der Waals surface area contributed by atoms with Crippen LogP contribution >= 0.6 is 11.6 Å². The first-order chi connectivity index (χ1) is 15.6. The smallest absolute Gasteiger partial charge is 0.254 e.